The van der Waals surface area contributed by atoms with Gasteiger partial charge in [0.2, 0.25) is 5.91 Å². The number of carbonyl (C=O) groups excluding carboxylic acids is 2. The molecular weight excluding hydrogens is 336 g/mol. The summed E-state index contributed by atoms with van der Waals surface area (Å²) in [6.07, 6.45) is 5.43. The molecule has 0 radical (unpaired) electrons. The van der Waals surface area contributed by atoms with Gasteiger partial charge < -0.3 is 9.73 Å². The Labute approximate surface area is 152 Å². The van der Waals surface area contributed by atoms with Crippen LogP contribution in [-0.2, 0) is 4.79 Å². The highest BCUT2D eigenvalue weighted by Gasteiger charge is 2.25. The molecule has 1 aliphatic heterocycles. The average Bonchev–Trinajstić information content (AvgIpc) is 3.37. The van der Waals surface area contributed by atoms with E-state index in [-0.39, 0.29) is 17.7 Å². The summed E-state index contributed by atoms with van der Waals surface area (Å²) in [7, 11) is 0. The third-order valence-electron chi connectivity index (χ3n) is 4.55. The molecule has 1 amide bonds. The summed E-state index contributed by atoms with van der Waals surface area (Å²) >= 11 is 1.45. The van der Waals surface area contributed by atoms with Gasteiger partial charge in [-0.05, 0) is 55.9 Å². The Morgan fingerprint density at radius 2 is 2.04 bits per heavy atom. The first kappa shape index (κ1) is 17.9. The van der Waals surface area contributed by atoms with Crippen LogP contribution in [-0.4, -0.2) is 36.2 Å². The zero-order chi connectivity index (χ0) is 17.5. The number of carbonyl (C=O) groups is 2. The maximum Gasteiger partial charge on any atom is 0.220 e. The minimum absolute atomic E-state index is 0.00488. The third-order valence-corrected chi connectivity index (χ3v) is 5.46. The molecule has 0 bridgehead atoms. The summed E-state index contributed by atoms with van der Waals surface area (Å²) in [4.78, 5) is 27.2. The maximum atomic E-state index is 12.1. The maximum absolute atomic E-state index is 12.1. The summed E-state index contributed by atoms with van der Waals surface area (Å²) in [5.74, 6) is 1.01. The number of nitrogens with zero attached hydrogens (tertiary/aromatic N) is 1. The lowest BCUT2D eigenvalue weighted by molar-refractivity contribution is -0.121. The second kappa shape index (κ2) is 8.97. The molecule has 0 spiro atoms. The number of likely N-dealkylation sites (tertiary alicyclic amines) is 1. The van der Waals surface area contributed by atoms with Gasteiger partial charge in [-0.1, -0.05) is 6.07 Å². The van der Waals surface area contributed by atoms with Gasteiger partial charge in [0, 0.05) is 19.4 Å². The van der Waals surface area contributed by atoms with Crippen LogP contribution >= 0.6 is 11.3 Å². The molecule has 1 aliphatic rings. The molecule has 0 aromatic carbocycles. The van der Waals surface area contributed by atoms with Gasteiger partial charge in [0.25, 0.3) is 0 Å². The Morgan fingerprint density at radius 1 is 1.20 bits per heavy atom. The van der Waals surface area contributed by atoms with Gasteiger partial charge in [0.15, 0.2) is 5.78 Å². The summed E-state index contributed by atoms with van der Waals surface area (Å²) < 4.78 is 5.56. The van der Waals surface area contributed by atoms with E-state index in [0.717, 1.165) is 23.7 Å². The van der Waals surface area contributed by atoms with Crippen LogP contribution in [0.3, 0.4) is 0 Å². The van der Waals surface area contributed by atoms with Gasteiger partial charge in [-0.25, -0.2) is 0 Å². The average molecular weight is 360 g/mol. The van der Waals surface area contributed by atoms with Gasteiger partial charge in [0.05, 0.1) is 17.2 Å². The highest BCUT2D eigenvalue weighted by molar-refractivity contribution is 7.12. The predicted octanol–water partition coefficient (Wildman–Crippen LogP) is 3.65. The van der Waals surface area contributed by atoms with Gasteiger partial charge >= 0.3 is 0 Å². The molecule has 1 saturated heterocycles. The summed E-state index contributed by atoms with van der Waals surface area (Å²) in [5, 5.41) is 4.90. The van der Waals surface area contributed by atoms with Crippen molar-refractivity contribution in [2.75, 3.05) is 19.6 Å². The fourth-order valence-electron chi connectivity index (χ4n) is 3.21. The molecule has 3 rings (SSSR count). The Morgan fingerprint density at radius 3 is 2.72 bits per heavy atom. The number of thiophene rings is 1. The van der Waals surface area contributed by atoms with Crippen LogP contribution in [0.5, 0.6) is 0 Å². The molecule has 0 aliphatic carbocycles. The van der Waals surface area contributed by atoms with Crippen molar-refractivity contribution in [3.05, 3.63) is 46.5 Å². The molecule has 134 valence electrons. The van der Waals surface area contributed by atoms with E-state index in [1.807, 2.05) is 29.6 Å². The van der Waals surface area contributed by atoms with Crippen LogP contribution in [0.15, 0.2) is 40.3 Å². The van der Waals surface area contributed by atoms with E-state index in [4.69, 9.17) is 4.42 Å². The van der Waals surface area contributed by atoms with Crippen molar-refractivity contribution >= 4 is 23.0 Å². The zero-order valence-electron chi connectivity index (χ0n) is 14.3. The van der Waals surface area contributed by atoms with E-state index in [9.17, 15) is 9.59 Å². The Balaban J connectivity index is 1.43. The number of rotatable bonds is 9. The SMILES string of the molecule is O=C(CCCC(=O)c1cccs1)NCC(c1ccco1)N1CCCC1. The lowest BCUT2D eigenvalue weighted by Gasteiger charge is -2.26. The molecule has 1 fully saturated rings. The molecule has 0 saturated carbocycles. The van der Waals surface area contributed by atoms with Crippen molar-refractivity contribution < 1.29 is 14.0 Å². The number of hydrogen-bond acceptors (Lipinski definition) is 5. The number of Topliss-reactive ketones (excluding diaryl/α,β-unsaturated/α-hetero) is 1. The number of hydrogen-bond donors (Lipinski definition) is 1. The van der Waals surface area contributed by atoms with Crippen molar-refractivity contribution in [3.63, 3.8) is 0 Å². The number of furan rings is 1. The van der Waals surface area contributed by atoms with Crippen molar-refractivity contribution in [3.8, 4) is 0 Å². The van der Waals surface area contributed by atoms with E-state index >= 15 is 0 Å². The lowest BCUT2D eigenvalue weighted by Crippen LogP contribution is -2.36. The highest BCUT2D eigenvalue weighted by atomic mass is 32.1. The van der Waals surface area contributed by atoms with E-state index in [2.05, 4.69) is 10.2 Å². The molecule has 1 atom stereocenters. The van der Waals surface area contributed by atoms with E-state index < -0.39 is 0 Å². The van der Waals surface area contributed by atoms with Gasteiger partial charge in [-0.15, -0.1) is 11.3 Å². The Hall–Kier alpha value is -1.92. The van der Waals surface area contributed by atoms with Crippen molar-refractivity contribution in [2.24, 2.45) is 0 Å². The van der Waals surface area contributed by atoms with E-state index in [0.29, 0.717) is 25.8 Å². The van der Waals surface area contributed by atoms with Crippen LogP contribution in [0, 0.1) is 0 Å². The standard InChI is InChI=1S/C19H24N2O3S/c22-16(18-8-5-13-25-18)6-3-9-19(23)20-14-15(17-7-4-12-24-17)21-10-1-2-11-21/h4-5,7-8,12-13,15H,1-3,6,9-11,14H2,(H,20,23). The van der Waals surface area contributed by atoms with Crippen LogP contribution in [0.2, 0.25) is 0 Å². The normalized spacial score (nSPS) is 16.0. The molecule has 1 unspecified atom stereocenters. The minimum Gasteiger partial charge on any atom is -0.468 e. The molecule has 3 heterocycles. The second-order valence-corrected chi connectivity index (χ2v) is 7.28. The van der Waals surface area contributed by atoms with Gasteiger partial charge in [-0.3, -0.25) is 14.5 Å². The minimum atomic E-state index is -0.00488. The largest absolute Gasteiger partial charge is 0.468 e. The molecular formula is C19H24N2O3S. The van der Waals surface area contributed by atoms with Crippen LogP contribution < -0.4 is 5.32 Å². The quantitative estimate of drug-likeness (QED) is 0.694. The first-order chi connectivity index (χ1) is 12.2. The molecule has 2 aromatic heterocycles. The fourth-order valence-corrected chi connectivity index (χ4v) is 3.91. The predicted molar refractivity (Wildman–Crippen MR) is 97.8 cm³/mol. The molecule has 6 heteroatoms. The highest BCUT2D eigenvalue weighted by Crippen LogP contribution is 2.24. The van der Waals surface area contributed by atoms with Crippen LogP contribution in [0.25, 0.3) is 0 Å². The smallest absolute Gasteiger partial charge is 0.220 e. The van der Waals surface area contributed by atoms with E-state index in [1.54, 1.807) is 6.26 Å². The summed E-state index contributed by atoms with van der Waals surface area (Å²) in [6.45, 7) is 2.62. The van der Waals surface area contributed by atoms with Crippen LogP contribution in [0.4, 0.5) is 0 Å². The van der Waals surface area contributed by atoms with Crippen molar-refractivity contribution in [2.45, 2.75) is 38.1 Å². The monoisotopic (exact) mass is 360 g/mol. The third kappa shape index (κ3) is 5.03. The molecule has 25 heavy (non-hydrogen) atoms. The summed E-state index contributed by atoms with van der Waals surface area (Å²) in [6, 6.07) is 7.65. The number of amides is 1. The topological polar surface area (TPSA) is 62.6 Å². The first-order valence-electron chi connectivity index (χ1n) is 8.85. The van der Waals surface area contributed by atoms with Gasteiger partial charge in [-0.2, -0.15) is 0 Å². The lowest BCUT2D eigenvalue weighted by atomic mass is 10.1. The fraction of sp³-hybridized carbons (Fsp3) is 0.474. The Kier molecular flexibility index (Phi) is 6.42. The number of ketones is 1. The number of nitrogens with one attached hydrogen (secondary N) is 1. The summed E-state index contributed by atoms with van der Waals surface area (Å²) in [5.41, 5.74) is 0. The molecule has 1 N–H and O–H groups in total. The van der Waals surface area contributed by atoms with E-state index in [1.165, 1.54) is 24.2 Å². The first-order valence-corrected chi connectivity index (χ1v) is 9.73. The van der Waals surface area contributed by atoms with Crippen molar-refractivity contribution in [1.29, 1.82) is 0 Å². The second-order valence-electron chi connectivity index (χ2n) is 6.33. The zero-order valence-corrected chi connectivity index (χ0v) is 15.1. The van der Waals surface area contributed by atoms with Gasteiger partial charge in [0.1, 0.15) is 5.76 Å². The molecule has 5 nitrogen and oxygen atoms in total. The molecule has 2 aromatic rings. The Bertz CT molecular complexity index is 661. The van der Waals surface area contributed by atoms with Crippen molar-refractivity contribution in [1.82, 2.24) is 10.2 Å². The van der Waals surface area contributed by atoms with Crippen LogP contribution in [0.1, 0.15) is 53.6 Å².